The SMILES string of the molecule is CC(C)(C)Nc1c(-c2ccccc2)c(NS(=O)(=O)c2ccc(Cl)cc2)nc2ccc([N+](=O)[O-])cc12. The van der Waals surface area contributed by atoms with Gasteiger partial charge >= 0.3 is 0 Å². The fourth-order valence-corrected chi connectivity index (χ4v) is 4.77. The summed E-state index contributed by atoms with van der Waals surface area (Å²) in [5.74, 6) is 0.0965. The second-order valence-electron chi connectivity index (χ2n) is 8.97. The third-order valence-corrected chi connectivity index (χ3v) is 6.70. The van der Waals surface area contributed by atoms with E-state index in [4.69, 9.17) is 11.6 Å². The Bertz CT molecular complexity index is 1520. The number of fused-ring (bicyclic) bond motifs is 1. The highest BCUT2D eigenvalue weighted by atomic mass is 35.5. The van der Waals surface area contributed by atoms with Gasteiger partial charge in [-0.1, -0.05) is 41.9 Å². The number of nitrogens with zero attached hydrogens (tertiary/aromatic N) is 2. The summed E-state index contributed by atoms with van der Waals surface area (Å²) in [6.45, 7) is 5.84. The average Bonchev–Trinajstić information content (AvgIpc) is 2.78. The second kappa shape index (κ2) is 9.16. The summed E-state index contributed by atoms with van der Waals surface area (Å²) in [6, 6.07) is 19.3. The average molecular weight is 511 g/mol. The Morgan fingerprint density at radius 2 is 1.63 bits per heavy atom. The first-order chi connectivity index (χ1) is 16.4. The van der Waals surface area contributed by atoms with E-state index in [1.165, 1.54) is 42.5 Å². The number of nitrogens with one attached hydrogen (secondary N) is 2. The lowest BCUT2D eigenvalue weighted by Gasteiger charge is -2.27. The van der Waals surface area contributed by atoms with Gasteiger partial charge in [-0.2, -0.15) is 0 Å². The fraction of sp³-hybridized carbons (Fsp3) is 0.160. The molecule has 1 aromatic heterocycles. The molecule has 0 aliphatic heterocycles. The number of rotatable bonds is 6. The largest absolute Gasteiger partial charge is 0.379 e. The van der Waals surface area contributed by atoms with Crippen molar-refractivity contribution in [3.8, 4) is 11.1 Å². The maximum Gasteiger partial charge on any atom is 0.270 e. The lowest BCUT2D eigenvalue weighted by atomic mass is 9.98. The number of hydrogen-bond donors (Lipinski definition) is 2. The summed E-state index contributed by atoms with van der Waals surface area (Å²) in [6.07, 6.45) is 0. The van der Waals surface area contributed by atoms with Crippen LogP contribution in [0.5, 0.6) is 0 Å². The van der Waals surface area contributed by atoms with Crippen molar-refractivity contribution in [2.24, 2.45) is 0 Å². The number of halogens is 1. The number of nitro groups is 1. The third-order valence-electron chi connectivity index (χ3n) is 5.10. The molecule has 35 heavy (non-hydrogen) atoms. The Labute approximate surface area is 208 Å². The van der Waals surface area contributed by atoms with Crippen molar-refractivity contribution in [2.75, 3.05) is 10.0 Å². The van der Waals surface area contributed by atoms with Crippen LogP contribution in [0, 0.1) is 10.1 Å². The normalized spacial score (nSPS) is 11.9. The Morgan fingerprint density at radius 1 is 0.971 bits per heavy atom. The van der Waals surface area contributed by atoms with Gasteiger partial charge in [-0.25, -0.2) is 13.4 Å². The summed E-state index contributed by atoms with van der Waals surface area (Å²) in [5.41, 5.74) is 1.56. The van der Waals surface area contributed by atoms with Crippen LogP contribution in [0.2, 0.25) is 5.02 Å². The summed E-state index contributed by atoms with van der Waals surface area (Å²) < 4.78 is 29.2. The van der Waals surface area contributed by atoms with Gasteiger partial charge in [0.1, 0.15) is 5.82 Å². The highest BCUT2D eigenvalue weighted by Gasteiger charge is 2.25. The van der Waals surface area contributed by atoms with E-state index in [0.717, 1.165) is 0 Å². The molecule has 1 heterocycles. The Kier molecular flexibility index (Phi) is 6.40. The summed E-state index contributed by atoms with van der Waals surface area (Å²) in [5, 5.41) is 15.8. The molecule has 180 valence electrons. The molecule has 8 nitrogen and oxygen atoms in total. The number of sulfonamides is 1. The smallest absolute Gasteiger partial charge is 0.270 e. The molecule has 0 saturated carbocycles. The van der Waals surface area contributed by atoms with E-state index in [-0.39, 0.29) is 16.4 Å². The van der Waals surface area contributed by atoms with Crippen molar-refractivity contribution in [3.05, 3.63) is 87.9 Å². The van der Waals surface area contributed by atoms with Crippen LogP contribution in [0.15, 0.2) is 77.7 Å². The molecule has 0 spiro atoms. The number of anilines is 2. The highest BCUT2D eigenvalue weighted by Crippen LogP contribution is 2.42. The number of nitro benzene ring substituents is 1. The van der Waals surface area contributed by atoms with Gasteiger partial charge in [0.2, 0.25) is 0 Å². The van der Waals surface area contributed by atoms with Crippen LogP contribution in [0.4, 0.5) is 17.2 Å². The number of hydrogen-bond acceptors (Lipinski definition) is 6. The molecule has 0 aliphatic carbocycles. The van der Waals surface area contributed by atoms with Crippen LogP contribution < -0.4 is 10.0 Å². The number of non-ortho nitro benzene ring substituents is 1. The molecular weight excluding hydrogens is 488 g/mol. The van der Waals surface area contributed by atoms with Crippen molar-refractivity contribution in [1.82, 2.24) is 4.98 Å². The van der Waals surface area contributed by atoms with E-state index in [1.54, 1.807) is 0 Å². The van der Waals surface area contributed by atoms with E-state index < -0.39 is 20.5 Å². The summed E-state index contributed by atoms with van der Waals surface area (Å²) >= 11 is 5.93. The minimum atomic E-state index is -4.02. The first kappa shape index (κ1) is 24.4. The van der Waals surface area contributed by atoms with Gasteiger partial charge in [-0.05, 0) is 56.7 Å². The van der Waals surface area contributed by atoms with Crippen LogP contribution in [-0.2, 0) is 10.0 Å². The molecule has 2 N–H and O–H groups in total. The van der Waals surface area contributed by atoms with Crippen molar-refractivity contribution in [1.29, 1.82) is 0 Å². The molecule has 3 aromatic carbocycles. The molecule has 4 rings (SSSR count). The van der Waals surface area contributed by atoms with Crippen LogP contribution in [0.3, 0.4) is 0 Å². The first-order valence-corrected chi connectivity index (χ1v) is 12.5. The Hall–Kier alpha value is -3.69. The maximum atomic E-state index is 13.3. The molecule has 0 radical (unpaired) electrons. The lowest BCUT2D eigenvalue weighted by molar-refractivity contribution is -0.384. The lowest BCUT2D eigenvalue weighted by Crippen LogP contribution is -2.27. The van der Waals surface area contributed by atoms with E-state index in [9.17, 15) is 18.5 Å². The minimum Gasteiger partial charge on any atom is -0.379 e. The molecule has 0 unspecified atom stereocenters. The Balaban J connectivity index is 2.03. The van der Waals surface area contributed by atoms with Crippen LogP contribution in [0.1, 0.15) is 20.8 Å². The van der Waals surface area contributed by atoms with E-state index in [2.05, 4.69) is 15.0 Å². The second-order valence-corrected chi connectivity index (χ2v) is 11.1. The van der Waals surface area contributed by atoms with Gasteiger partial charge in [0.25, 0.3) is 15.7 Å². The number of aromatic nitrogens is 1. The molecular formula is C25H23ClN4O4S. The van der Waals surface area contributed by atoms with Crippen LogP contribution >= 0.6 is 11.6 Å². The van der Waals surface area contributed by atoms with Gasteiger partial charge in [-0.3, -0.25) is 14.8 Å². The van der Waals surface area contributed by atoms with Gasteiger partial charge in [0.15, 0.2) is 0 Å². The number of pyridine rings is 1. The third kappa shape index (κ3) is 5.36. The zero-order chi connectivity index (χ0) is 25.4. The zero-order valence-corrected chi connectivity index (χ0v) is 20.8. The van der Waals surface area contributed by atoms with Gasteiger partial charge in [0, 0.05) is 33.6 Å². The van der Waals surface area contributed by atoms with Crippen molar-refractivity contribution in [3.63, 3.8) is 0 Å². The predicted octanol–water partition coefficient (Wildman–Crippen LogP) is 6.47. The standard InChI is InChI=1S/C25H23ClN4O4S/c1-25(2,3)28-23-20-15-18(30(31)32)11-14-21(20)27-24(22(23)16-7-5-4-6-8-16)29-35(33,34)19-12-9-17(26)10-13-19/h4-15H,1-3H3,(H2,27,28,29). The molecule has 0 atom stereocenters. The molecule has 0 saturated heterocycles. The fourth-order valence-electron chi connectivity index (χ4n) is 3.63. The van der Waals surface area contributed by atoms with E-state index in [1.807, 2.05) is 51.1 Å². The van der Waals surface area contributed by atoms with Crippen molar-refractivity contribution >= 4 is 49.7 Å². The monoisotopic (exact) mass is 510 g/mol. The van der Waals surface area contributed by atoms with Gasteiger partial charge < -0.3 is 5.32 Å². The van der Waals surface area contributed by atoms with E-state index in [0.29, 0.717) is 32.7 Å². The molecule has 0 amide bonds. The quantitative estimate of drug-likeness (QED) is 0.227. The Morgan fingerprint density at radius 3 is 2.23 bits per heavy atom. The predicted molar refractivity (Wildman–Crippen MR) is 139 cm³/mol. The van der Waals surface area contributed by atoms with Crippen LogP contribution in [-0.4, -0.2) is 23.9 Å². The minimum absolute atomic E-state index is 0.0249. The molecule has 0 bridgehead atoms. The molecule has 4 aromatic rings. The van der Waals surface area contributed by atoms with Crippen molar-refractivity contribution in [2.45, 2.75) is 31.2 Å². The van der Waals surface area contributed by atoms with Gasteiger partial charge in [0.05, 0.1) is 21.0 Å². The maximum absolute atomic E-state index is 13.3. The molecule has 0 aliphatic rings. The molecule has 0 fully saturated rings. The summed E-state index contributed by atoms with van der Waals surface area (Å²) in [7, 11) is -4.02. The van der Waals surface area contributed by atoms with Crippen LogP contribution in [0.25, 0.3) is 22.0 Å². The highest BCUT2D eigenvalue weighted by molar-refractivity contribution is 7.92. The molecule has 10 heteroatoms. The van der Waals surface area contributed by atoms with Crippen molar-refractivity contribution < 1.29 is 13.3 Å². The number of benzene rings is 3. The first-order valence-electron chi connectivity index (χ1n) is 10.7. The zero-order valence-electron chi connectivity index (χ0n) is 19.2. The van der Waals surface area contributed by atoms with E-state index >= 15 is 0 Å². The van der Waals surface area contributed by atoms with Gasteiger partial charge in [-0.15, -0.1) is 0 Å². The summed E-state index contributed by atoms with van der Waals surface area (Å²) in [4.78, 5) is 15.6. The topological polar surface area (TPSA) is 114 Å².